The van der Waals surface area contributed by atoms with E-state index in [4.69, 9.17) is 9.05 Å². The summed E-state index contributed by atoms with van der Waals surface area (Å²) in [6, 6.07) is 3.53. The minimum absolute atomic E-state index is 0.0986. The highest BCUT2D eigenvalue weighted by Gasteiger charge is 2.29. The third kappa shape index (κ3) is 6.12. The number of nitrogens with zero attached hydrogens (tertiary/aromatic N) is 6. The van der Waals surface area contributed by atoms with Gasteiger partial charge in [-0.1, -0.05) is 39.4 Å². The normalized spacial score (nSPS) is 18.8. The van der Waals surface area contributed by atoms with E-state index < -0.39 is 6.23 Å². The maximum absolute atomic E-state index is 12.3. The van der Waals surface area contributed by atoms with E-state index in [-0.39, 0.29) is 30.6 Å². The molecule has 1 aliphatic rings. The molecule has 0 spiro atoms. The summed E-state index contributed by atoms with van der Waals surface area (Å²) in [7, 11) is 0. The Bertz CT molecular complexity index is 1310. The third-order valence-corrected chi connectivity index (χ3v) is 7.89. The number of aliphatic hydroxyl groups excluding tert-OH is 1. The molecule has 1 fully saturated rings. The van der Waals surface area contributed by atoms with Crippen molar-refractivity contribution in [2.24, 2.45) is 0 Å². The van der Waals surface area contributed by atoms with E-state index in [1.165, 1.54) is 22.7 Å². The average molecular weight is 531 g/mol. The van der Waals surface area contributed by atoms with Crippen molar-refractivity contribution < 1.29 is 18.9 Å². The van der Waals surface area contributed by atoms with Crippen molar-refractivity contribution in [1.82, 2.24) is 30.7 Å². The average Bonchev–Trinajstić information content (AvgIpc) is 3.64. The Balaban J connectivity index is 1.15. The summed E-state index contributed by atoms with van der Waals surface area (Å²) in [6.45, 7) is 3.64. The summed E-state index contributed by atoms with van der Waals surface area (Å²) < 4.78 is 10.3. The van der Waals surface area contributed by atoms with Crippen LogP contribution in [0.5, 0.6) is 0 Å². The number of aliphatic hydroxyl groups is 1. The first kappa shape index (κ1) is 24.5. The summed E-state index contributed by atoms with van der Waals surface area (Å²) >= 11 is 2.86. The Kier molecular flexibility index (Phi) is 7.34. The van der Waals surface area contributed by atoms with E-state index in [0.29, 0.717) is 21.8 Å². The van der Waals surface area contributed by atoms with Gasteiger partial charge in [-0.25, -0.2) is 0 Å². The van der Waals surface area contributed by atoms with Crippen molar-refractivity contribution in [3.63, 3.8) is 0 Å². The predicted molar refractivity (Wildman–Crippen MR) is 132 cm³/mol. The number of amides is 1. The molecule has 3 atom stereocenters. The van der Waals surface area contributed by atoms with Crippen LogP contribution >= 0.6 is 22.7 Å². The molecule has 1 amide bonds. The molecule has 1 aliphatic carbocycles. The first-order chi connectivity index (χ1) is 17.4. The molecule has 3 unspecified atom stereocenters. The zero-order valence-electron chi connectivity index (χ0n) is 19.8. The fourth-order valence-electron chi connectivity index (χ4n) is 4.26. The number of carbonyl (C=O) groups excluding carboxylic acids is 1. The minimum atomic E-state index is -0.847. The fourth-order valence-corrected chi connectivity index (χ4v) is 6.11. The smallest absolute Gasteiger partial charge is 0.233 e. The molecule has 5 rings (SSSR count). The number of anilines is 2. The number of aryl methyl sites for hydroxylation is 2. The van der Waals surface area contributed by atoms with E-state index in [0.717, 1.165) is 47.1 Å². The molecule has 4 heterocycles. The fraction of sp³-hybridized carbons (Fsp3) is 0.500. The number of hydrogen-bond donors (Lipinski definition) is 3. The van der Waals surface area contributed by atoms with Crippen molar-refractivity contribution in [2.75, 3.05) is 10.6 Å². The molecule has 36 heavy (non-hydrogen) atoms. The van der Waals surface area contributed by atoms with Crippen LogP contribution in [0.2, 0.25) is 0 Å². The monoisotopic (exact) mass is 530 g/mol. The molecule has 4 aromatic heterocycles. The van der Waals surface area contributed by atoms with Gasteiger partial charge in [0.05, 0.1) is 24.2 Å². The summed E-state index contributed by atoms with van der Waals surface area (Å²) in [5, 5.41) is 43.7. The van der Waals surface area contributed by atoms with Gasteiger partial charge in [-0.3, -0.25) is 4.79 Å². The quantitative estimate of drug-likeness (QED) is 0.271. The lowest BCUT2D eigenvalue weighted by atomic mass is 9.82. The van der Waals surface area contributed by atoms with E-state index in [1.54, 1.807) is 12.1 Å². The van der Waals surface area contributed by atoms with Gasteiger partial charge in [-0.15, -0.1) is 20.4 Å². The molecule has 0 aliphatic heterocycles. The van der Waals surface area contributed by atoms with Crippen LogP contribution in [0.15, 0.2) is 21.2 Å². The van der Waals surface area contributed by atoms with Gasteiger partial charge in [-0.05, 0) is 33.1 Å². The number of carbonyl (C=O) groups is 1. The summed E-state index contributed by atoms with van der Waals surface area (Å²) in [5.74, 6) is 1.39. The second kappa shape index (κ2) is 10.8. The third-order valence-electron chi connectivity index (χ3n) is 5.87. The Hall–Kier alpha value is -3.23. The first-order valence-electron chi connectivity index (χ1n) is 11.7. The van der Waals surface area contributed by atoms with Crippen LogP contribution in [0.3, 0.4) is 0 Å². The van der Waals surface area contributed by atoms with Crippen molar-refractivity contribution in [1.29, 1.82) is 0 Å². The van der Waals surface area contributed by atoms with Gasteiger partial charge in [0.15, 0.2) is 0 Å². The highest BCUT2D eigenvalue weighted by atomic mass is 32.1. The number of hydrogen-bond acceptors (Lipinski definition) is 13. The minimum Gasteiger partial charge on any atom is -0.373 e. The zero-order chi connectivity index (χ0) is 25.1. The van der Waals surface area contributed by atoms with Crippen molar-refractivity contribution >= 4 is 38.8 Å². The molecular formula is C22H26N8O4S2. The molecule has 0 bridgehead atoms. The van der Waals surface area contributed by atoms with Crippen LogP contribution in [-0.2, 0) is 17.6 Å². The second-order valence-electron chi connectivity index (χ2n) is 8.91. The SMILES string of the molecule is Cc1cc(CC(=O)Nc2nnc(C3CCCC(c4nnc(NC(O)Cc5cc(C)no5)s4)C3)s2)on1. The molecule has 1 saturated carbocycles. The second-order valence-corrected chi connectivity index (χ2v) is 10.9. The maximum atomic E-state index is 12.3. The topological polar surface area (TPSA) is 165 Å². The predicted octanol–water partition coefficient (Wildman–Crippen LogP) is 3.58. The molecular weight excluding hydrogens is 504 g/mol. The van der Waals surface area contributed by atoms with Gasteiger partial charge in [0.1, 0.15) is 27.8 Å². The summed E-state index contributed by atoms with van der Waals surface area (Å²) in [4.78, 5) is 12.3. The van der Waals surface area contributed by atoms with Crippen LogP contribution in [0.1, 0.15) is 70.4 Å². The van der Waals surface area contributed by atoms with E-state index >= 15 is 0 Å². The van der Waals surface area contributed by atoms with Gasteiger partial charge < -0.3 is 24.8 Å². The Morgan fingerprint density at radius 2 is 1.61 bits per heavy atom. The maximum Gasteiger partial charge on any atom is 0.233 e. The van der Waals surface area contributed by atoms with Crippen LogP contribution < -0.4 is 10.6 Å². The molecule has 0 aromatic carbocycles. The largest absolute Gasteiger partial charge is 0.373 e. The molecule has 12 nitrogen and oxygen atoms in total. The zero-order valence-corrected chi connectivity index (χ0v) is 21.4. The highest BCUT2D eigenvalue weighted by Crippen LogP contribution is 2.43. The van der Waals surface area contributed by atoms with E-state index in [9.17, 15) is 9.90 Å². The van der Waals surface area contributed by atoms with Crippen molar-refractivity contribution in [3.05, 3.63) is 45.1 Å². The van der Waals surface area contributed by atoms with Gasteiger partial charge in [0, 0.05) is 24.0 Å². The van der Waals surface area contributed by atoms with Crippen LogP contribution in [0.25, 0.3) is 0 Å². The number of aromatic nitrogens is 6. The van der Waals surface area contributed by atoms with Crippen molar-refractivity contribution in [2.45, 2.75) is 70.4 Å². The van der Waals surface area contributed by atoms with Gasteiger partial charge in [-0.2, -0.15) is 0 Å². The Labute approximate surface area is 214 Å². The molecule has 14 heteroatoms. The Morgan fingerprint density at radius 3 is 2.25 bits per heavy atom. The molecule has 3 N–H and O–H groups in total. The molecule has 190 valence electrons. The lowest BCUT2D eigenvalue weighted by Gasteiger charge is -2.25. The first-order valence-corrected chi connectivity index (χ1v) is 13.3. The van der Waals surface area contributed by atoms with Gasteiger partial charge >= 0.3 is 0 Å². The van der Waals surface area contributed by atoms with E-state index in [1.807, 2.05) is 13.8 Å². The highest BCUT2D eigenvalue weighted by molar-refractivity contribution is 7.15. The van der Waals surface area contributed by atoms with Crippen LogP contribution in [0.4, 0.5) is 10.3 Å². The molecule has 0 saturated heterocycles. The molecule has 4 aromatic rings. The summed E-state index contributed by atoms with van der Waals surface area (Å²) in [6.07, 6.45) is 3.49. The number of rotatable bonds is 9. The summed E-state index contributed by atoms with van der Waals surface area (Å²) in [5.41, 5.74) is 1.51. The van der Waals surface area contributed by atoms with Gasteiger partial charge in [0.2, 0.25) is 16.2 Å². The lowest BCUT2D eigenvalue weighted by Crippen LogP contribution is -2.21. The van der Waals surface area contributed by atoms with Crippen molar-refractivity contribution in [3.8, 4) is 0 Å². The lowest BCUT2D eigenvalue weighted by molar-refractivity contribution is -0.115. The molecule has 0 radical (unpaired) electrons. The van der Waals surface area contributed by atoms with Crippen LogP contribution in [0, 0.1) is 13.8 Å². The van der Waals surface area contributed by atoms with Gasteiger partial charge in [0.25, 0.3) is 0 Å². The number of nitrogens with one attached hydrogen (secondary N) is 2. The van der Waals surface area contributed by atoms with Crippen LogP contribution in [-0.4, -0.2) is 47.9 Å². The standard InChI is InChI=1S/C22H26N8O4S2/c1-11-6-15(33-29-11)9-17(31)23-21-27-25-19(35-21)13-4-3-5-14(8-13)20-26-28-22(36-20)24-18(32)10-16-7-12(2)30-34-16/h6-7,13-14,17,31H,3-5,8-10H2,1-2H3,(H,23,27)(H,24,28,32). The van der Waals surface area contributed by atoms with E-state index in [2.05, 4.69) is 41.3 Å². The Morgan fingerprint density at radius 1 is 1.00 bits per heavy atom.